The van der Waals surface area contributed by atoms with Crippen LogP contribution in [-0.2, 0) is 16.8 Å². The molecule has 2 rings (SSSR count). The first kappa shape index (κ1) is 17.2. The summed E-state index contributed by atoms with van der Waals surface area (Å²) in [5, 5.41) is 3.69. The summed E-state index contributed by atoms with van der Waals surface area (Å²) in [4.78, 5) is 30.7. The van der Waals surface area contributed by atoms with Gasteiger partial charge in [-0.15, -0.1) is 0 Å². The Labute approximate surface area is 135 Å². The van der Waals surface area contributed by atoms with E-state index in [4.69, 9.17) is 5.73 Å². The number of nitrogens with zero attached hydrogens (tertiary/aromatic N) is 2. The van der Waals surface area contributed by atoms with Crippen LogP contribution in [0, 0.1) is 0 Å². The van der Waals surface area contributed by atoms with Gasteiger partial charge in [0.1, 0.15) is 5.65 Å². The van der Waals surface area contributed by atoms with E-state index in [1.807, 2.05) is 12.3 Å². The first-order chi connectivity index (χ1) is 10.8. The molecule has 0 spiro atoms. The topological polar surface area (TPSA) is 106 Å². The van der Waals surface area contributed by atoms with Gasteiger partial charge in [-0.3, -0.25) is 9.36 Å². The molecule has 0 aliphatic carbocycles. The first-order valence-corrected chi connectivity index (χ1v) is 7.88. The molecule has 2 aromatic rings. The fourth-order valence-electron chi connectivity index (χ4n) is 2.29. The number of hydrogen-bond acceptors (Lipinski definition) is 4. The Bertz CT molecular complexity index is 739. The van der Waals surface area contributed by atoms with Crippen LogP contribution in [0.25, 0.3) is 11.0 Å². The zero-order valence-corrected chi connectivity index (χ0v) is 14.0. The molecule has 0 bridgehead atoms. The van der Waals surface area contributed by atoms with Crippen LogP contribution in [0.4, 0.5) is 0 Å². The summed E-state index contributed by atoms with van der Waals surface area (Å²) in [6.07, 6.45) is 2.81. The Morgan fingerprint density at radius 3 is 2.83 bits per heavy atom. The van der Waals surface area contributed by atoms with Crippen molar-refractivity contribution < 1.29 is 4.79 Å². The molecule has 1 amide bonds. The number of aromatic amines is 1. The smallest absolute Gasteiger partial charge is 0.349 e. The van der Waals surface area contributed by atoms with Gasteiger partial charge in [-0.2, -0.15) is 4.98 Å². The van der Waals surface area contributed by atoms with Crippen molar-refractivity contribution in [3.63, 3.8) is 0 Å². The summed E-state index contributed by atoms with van der Waals surface area (Å²) in [5.41, 5.74) is 6.67. The van der Waals surface area contributed by atoms with E-state index < -0.39 is 0 Å². The molecule has 4 N–H and O–H groups in total. The first-order valence-electron chi connectivity index (χ1n) is 7.88. The second-order valence-electron chi connectivity index (χ2n) is 6.70. The normalized spacial score (nSPS) is 11.8. The van der Waals surface area contributed by atoms with Crippen LogP contribution >= 0.6 is 0 Å². The fourth-order valence-corrected chi connectivity index (χ4v) is 2.29. The van der Waals surface area contributed by atoms with Gasteiger partial charge in [0.25, 0.3) is 0 Å². The number of carbonyl (C=O) groups is 1. The molecule has 0 aliphatic rings. The largest absolute Gasteiger partial charge is 0.356 e. The van der Waals surface area contributed by atoms with Gasteiger partial charge in [0.05, 0.1) is 0 Å². The number of nitrogens with two attached hydrogens (primary N) is 1. The summed E-state index contributed by atoms with van der Waals surface area (Å²) >= 11 is 0. The van der Waals surface area contributed by atoms with E-state index in [1.54, 1.807) is 4.57 Å². The average Bonchev–Trinajstić information content (AvgIpc) is 2.86. The molecule has 126 valence electrons. The number of aromatic nitrogens is 3. The van der Waals surface area contributed by atoms with Crippen molar-refractivity contribution in [1.82, 2.24) is 19.9 Å². The van der Waals surface area contributed by atoms with Crippen molar-refractivity contribution in [1.29, 1.82) is 0 Å². The standard InChI is InChI=1S/C16H25N5O2/c1-16(2,3)12-9-11-10-21(15(23)20-14(11)19-12)8-4-7-18-13(22)5-6-17/h9-10H,4-8,17H2,1-3H3,(H,18,22)(H,19,20,23). The molecule has 7 nitrogen and oxygen atoms in total. The molecule has 0 saturated carbocycles. The van der Waals surface area contributed by atoms with Gasteiger partial charge in [-0.1, -0.05) is 20.8 Å². The summed E-state index contributed by atoms with van der Waals surface area (Å²) in [7, 11) is 0. The third-order valence-electron chi connectivity index (χ3n) is 3.65. The molecule has 7 heteroatoms. The van der Waals surface area contributed by atoms with Crippen molar-refractivity contribution >= 4 is 16.9 Å². The SMILES string of the molecule is CC(C)(C)c1cc2cn(CCCNC(=O)CCN)c(=O)nc2[nH]1. The highest BCUT2D eigenvalue weighted by molar-refractivity contribution is 5.76. The quantitative estimate of drug-likeness (QED) is 0.687. The van der Waals surface area contributed by atoms with E-state index in [0.29, 0.717) is 38.1 Å². The minimum atomic E-state index is -0.284. The van der Waals surface area contributed by atoms with Crippen LogP contribution in [0.2, 0.25) is 0 Å². The van der Waals surface area contributed by atoms with Crippen molar-refractivity contribution in [2.45, 2.75) is 45.6 Å². The van der Waals surface area contributed by atoms with Crippen molar-refractivity contribution in [2.24, 2.45) is 5.73 Å². The number of carbonyl (C=O) groups excluding carboxylic acids is 1. The lowest BCUT2D eigenvalue weighted by molar-refractivity contribution is -0.120. The Balaban J connectivity index is 2.05. The van der Waals surface area contributed by atoms with Crippen molar-refractivity contribution in [3.8, 4) is 0 Å². The average molecular weight is 319 g/mol. The maximum Gasteiger partial charge on any atom is 0.349 e. The predicted octanol–water partition coefficient (Wildman–Crippen LogP) is 0.877. The summed E-state index contributed by atoms with van der Waals surface area (Å²) < 4.78 is 1.58. The van der Waals surface area contributed by atoms with Gasteiger partial charge in [-0.25, -0.2) is 4.79 Å². The number of hydrogen-bond donors (Lipinski definition) is 3. The summed E-state index contributed by atoms with van der Waals surface area (Å²) in [5.74, 6) is -0.0612. The number of H-pyrrole nitrogens is 1. The number of fused-ring (bicyclic) bond motifs is 1. The van der Waals surface area contributed by atoms with Gasteiger partial charge >= 0.3 is 5.69 Å². The lowest BCUT2D eigenvalue weighted by atomic mass is 9.92. The molecular formula is C16H25N5O2. The number of rotatable bonds is 6. The maximum atomic E-state index is 12.1. The summed E-state index contributed by atoms with van der Waals surface area (Å²) in [6, 6.07) is 2.03. The van der Waals surface area contributed by atoms with Gasteiger partial charge in [0.15, 0.2) is 0 Å². The van der Waals surface area contributed by atoms with Crippen molar-refractivity contribution in [2.75, 3.05) is 13.1 Å². The molecule has 0 aromatic carbocycles. The number of nitrogens with one attached hydrogen (secondary N) is 2. The van der Waals surface area contributed by atoms with Crippen LogP contribution in [0.1, 0.15) is 39.3 Å². The van der Waals surface area contributed by atoms with E-state index in [2.05, 4.69) is 36.1 Å². The molecule has 0 atom stereocenters. The molecule has 0 saturated heterocycles. The Kier molecular flexibility index (Phi) is 5.20. The second-order valence-corrected chi connectivity index (χ2v) is 6.70. The monoisotopic (exact) mass is 319 g/mol. The lowest BCUT2D eigenvalue weighted by Crippen LogP contribution is -2.28. The zero-order valence-electron chi connectivity index (χ0n) is 14.0. The molecular weight excluding hydrogens is 294 g/mol. The van der Waals surface area contributed by atoms with E-state index in [-0.39, 0.29) is 17.0 Å². The van der Waals surface area contributed by atoms with Crippen LogP contribution in [0.3, 0.4) is 0 Å². The summed E-state index contributed by atoms with van der Waals surface area (Å²) in [6.45, 7) is 7.69. The van der Waals surface area contributed by atoms with Gasteiger partial charge in [0.2, 0.25) is 5.91 Å². The van der Waals surface area contributed by atoms with Crippen LogP contribution in [0.5, 0.6) is 0 Å². The van der Waals surface area contributed by atoms with Crippen LogP contribution in [0.15, 0.2) is 17.1 Å². The molecule has 0 aliphatic heterocycles. The van der Waals surface area contributed by atoms with E-state index in [9.17, 15) is 9.59 Å². The molecule has 0 unspecified atom stereocenters. The molecule has 2 heterocycles. The molecule has 2 aromatic heterocycles. The van der Waals surface area contributed by atoms with Gasteiger partial charge < -0.3 is 16.0 Å². The zero-order chi connectivity index (χ0) is 17.0. The number of aryl methyl sites for hydroxylation is 1. The van der Waals surface area contributed by atoms with Gasteiger partial charge in [-0.05, 0) is 12.5 Å². The van der Waals surface area contributed by atoms with Crippen molar-refractivity contribution in [3.05, 3.63) is 28.4 Å². The molecule has 0 radical (unpaired) electrons. The number of amides is 1. The maximum absolute atomic E-state index is 12.1. The second kappa shape index (κ2) is 6.95. The van der Waals surface area contributed by atoms with E-state index in [0.717, 1.165) is 11.1 Å². The minimum Gasteiger partial charge on any atom is -0.356 e. The molecule has 23 heavy (non-hydrogen) atoms. The van der Waals surface area contributed by atoms with E-state index in [1.165, 1.54) is 0 Å². The van der Waals surface area contributed by atoms with E-state index >= 15 is 0 Å². The highest BCUT2D eigenvalue weighted by Gasteiger charge is 2.17. The Hall–Kier alpha value is -2.15. The van der Waals surface area contributed by atoms with Crippen LogP contribution < -0.4 is 16.7 Å². The highest BCUT2D eigenvalue weighted by atomic mass is 16.2. The minimum absolute atomic E-state index is 0.0259. The Morgan fingerprint density at radius 1 is 1.43 bits per heavy atom. The fraction of sp³-hybridized carbons (Fsp3) is 0.562. The molecule has 0 fully saturated rings. The van der Waals surface area contributed by atoms with Crippen LogP contribution in [-0.4, -0.2) is 33.5 Å². The Morgan fingerprint density at radius 2 is 2.17 bits per heavy atom. The third kappa shape index (κ3) is 4.41. The van der Waals surface area contributed by atoms with Gasteiger partial charge in [0, 0.05) is 48.7 Å². The third-order valence-corrected chi connectivity index (χ3v) is 3.65. The highest BCUT2D eigenvalue weighted by Crippen LogP contribution is 2.24. The lowest BCUT2D eigenvalue weighted by Gasteiger charge is -2.15. The predicted molar refractivity (Wildman–Crippen MR) is 90.4 cm³/mol.